The Bertz CT molecular complexity index is 975. The summed E-state index contributed by atoms with van der Waals surface area (Å²) < 4.78 is 1.83. The summed E-state index contributed by atoms with van der Waals surface area (Å²) in [6.07, 6.45) is 7.27. The van der Waals surface area contributed by atoms with Crippen LogP contribution in [0, 0.1) is 22.7 Å². The van der Waals surface area contributed by atoms with Gasteiger partial charge in [0, 0.05) is 35.6 Å². The number of rotatable bonds is 1. The maximum absolute atomic E-state index is 8.50. The van der Waals surface area contributed by atoms with Crippen molar-refractivity contribution in [1.29, 1.82) is 10.5 Å². The Morgan fingerprint density at radius 3 is 2.40 bits per heavy atom. The molecule has 0 radical (unpaired) electrons. The van der Waals surface area contributed by atoms with Gasteiger partial charge in [-0.1, -0.05) is 15.9 Å². The first-order chi connectivity index (χ1) is 12.3. The fourth-order valence-corrected chi connectivity index (χ4v) is 2.11. The summed E-state index contributed by atoms with van der Waals surface area (Å²) in [5, 5.41) is 18.8. The van der Waals surface area contributed by atoms with Gasteiger partial charge < -0.3 is 9.55 Å². The van der Waals surface area contributed by atoms with E-state index >= 15 is 0 Å². The number of pyridine rings is 2. The largest absolute Gasteiger partial charge is 0.346 e. The first-order valence-corrected chi connectivity index (χ1v) is 8.50. The fourth-order valence-electron chi connectivity index (χ4n) is 2.11. The van der Waals surface area contributed by atoms with Crippen LogP contribution in [0.25, 0.3) is 22.1 Å². The molecule has 0 amide bonds. The van der Waals surface area contributed by atoms with Crippen LogP contribution < -0.4 is 0 Å². The van der Waals surface area contributed by atoms with E-state index in [0.717, 1.165) is 22.1 Å². The van der Waals surface area contributed by atoms with Gasteiger partial charge in [0.05, 0.1) is 17.5 Å². The molecule has 4 heterocycles. The van der Waals surface area contributed by atoms with Crippen molar-refractivity contribution in [2.24, 2.45) is 0 Å². The number of fused-ring (bicyclic) bond motifs is 2. The molecule has 0 saturated carbocycles. The molecule has 4 aromatic rings. The Balaban J connectivity index is 0.000000153. The summed E-state index contributed by atoms with van der Waals surface area (Å²) >= 11 is 2.89. The fraction of sp³-hybridized carbons (Fsp3) is 0.111. The number of aromatic amines is 1. The Kier molecular flexibility index (Phi) is 7.17. The van der Waals surface area contributed by atoms with Crippen molar-refractivity contribution >= 4 is 38.0 Å². The van der Waals surface area contributed by atoms with E-state index in [2.05, 4.69) is 37.0 Å². The highest BCUT2D eigenvalue weighted by atomic mass is 79.9. The summed E-state index contributed by atoms with van der Waals surface area (Å²) in [6, 6.07) is 15.7. The molecule has 0 spiro atoms. The van der Waals surface area contributed by atoms with Crippen molar-refractivity contribution in [3.8, 4) is 12.1 Å². The molecule has 6 nitrogen and oxygen atoms in total. The Labute approximate surface area is 153 Å². The quantitative estimate of drug-likeness (QED) is 0.493. The van der Waals surface area contributed by atoms with Crippen molar-refractivity contribution in [2.75, 3.05) is 5.33 Å². The van der Waals surface area contributed by atoms with Gasteiger partial charge in [-0.2, -0.15) is 10.5 Å². The molecule has 4 aromatic heterocycles. The zero-order chi connectivity index (χ0) is 17.9. The molecular formula is C18H15BrN6. The first kappa shape index (κ1) is 18.2. The zero-order valence-electron chi connectivity index (χ0n) is 13.3. The van der Waals surface area contributed by atoms with E-state index < -0.39 is 0 Å². The second kappa shape index (κ2) is 9.86. The third-order valence-electron chi connectivity index (χ3n) is 3.15. The summed E-state index contributed by atoms with van der Waals surface area (Å²) in [4.78, 5) is 11.3. The van der Waals surface area contributed by atoms with E-state index in [4.69, 9.17) is 10.5 Å². The Morgan fingerprint density at radius 1 is 1.00 bits per heavy atom. The summed E-state index contributed by atoms with van der Waals surface area (Å²) in [5.74, 6) is 0. The Hall–Kier alpha value is -3.16. The zero-order valence-corrected chi connectivity index (χ0v) is 14.9. The van der Waals surface area contributed by atoms with Gasteiger partial charge in [0.1, 0.15) is 17.8 Å². The van der Waals surface area contributed by atoms with Gasteiger partial charge in [-0.25, -0.2) is 9.97 Å². The van der Waals surface area contributed by atoms with Crippen LogP contribution in [0.2, 0.25) is 0 Å². The molecule has 0 unspecified atom stereocenters. The minimum Gasteiger partial charge on any atom is -0.346 e. The molecule has 0 atom stereocenters. The second-order valence-corrected chi connectivity index (χ2v) is 5.29. The van der Waals surface area contributed by atoms with Crippen LogP contribution in [0.3, 0.4) is 0 Å². The van der Waals surface area contributed by atoms with E-state index in [1.165, 1.54) is 0 Å². The van der Waals surface area contributed by atoms with E-state index in [-0.39, 0.29) is 0 Å². The van der Waals surface area contributed by atoms with Gasteiger partial charge in [-0.05, 0) is 36.4 Å². The molecule has 0 aliphatic heterocycles. The van der Waals surface area contributed by atoms with Crippen LogP contribution in [-0.2, 0) is 6.54 Å². The molecule has 1 N–H and O–H groups in total. The lowest BCUT2D eigenvalue weighted by molar-refractivity contribution is 0.861. The normalized spacial score (nSPS) is 9.24. The summed E-state index contributed by atoms with van der Waals surface area (Å²) in [6.45, 7) is 0.362. The Morgan fingerprint density at radius 2 is 1.72 bits per heavy atom. The number of alkyl halides is 1. The van der Waals surface area contributed by atoms with Gasteiger partial charge in [-0.15, -0.1) is 0 Å². The van der Waals surface area contributed by atoms with E-state index in [0.29, 0.717) is 11.9 Å². The highest BCUT2D eigenvalue weighted by molar-refractivity contribution is 9.09. The van der Waals surface area contributed by atoms with Crippen LogP contribution >= 0.6 is 15.9 Å². The third kappa shape index (κ3) is 5.17. The maximum Gasteiger partial charge on any atom is 0.140 e. The molecule has 0 fully saturated rings. The van der Waals surface area contributed by atoms with Crippen molar-refractivity contribution in [3.63, 3.8) is 0 Å². The lowest BCUT2D eigenvalue weighted by Gasteiger charge is -1.95. The first-order valence-electron chi connectivity index (χ1n) is 7.38. The van der Waals surface area contributed by atoms with Crippen molar-refractivity contribution < 1.29 is 0 Å². The molecule has 25 heavy (non-hydrogen) atoms. The van der Waals surface area contributed by atoms with Crippen LogP contribution in [0.1, 0.15) is 0 Å². The van der Waals surface area contributed by atoms with Gasteiger partial charge in [-0.3, -0.25) is 0 Å². The number of nitrogens with zero attached hydrogens (tertiary/aromatic N) is 5. The molecule has 0 aliphatic carbocycles. The number of H-pyrrole nitrogens is 1. The van der Waals surface area contributed by atoms with Crippen molar-refractivity contribution in [3.05, 3.63) is 61.2 Å². The minimum atomic E-state index is 0.362. The number of aromatic nitrogens is 4. The van der Waals surface area contributed by atoms with Crippen LogP contribution in [0.15, 0.2) is 61.2 Å². The summed E-state index contributed by atoms with van der Waals surface area (Å²) in [5.41, 5.74) is 1.83. The monoisotopic (exact) mass is 394 g/mol. The third-order valence-corrected chi connectivity index (χ3v) is 3.40. The average Bonchev–Trinajstić information content (AvgIpc) is 3.30. The lowest BCUT2D eigenvalue weighted by atomic mass is 10.3. The number of nitriles is 2. The maximum atomic E-state index is 8.50. The lowest BCUT2D eigenvalue weighted by Crippen LogP contribution is -1.93. The topological polar surface area (TPSA) is 94.1 Å². The van der Waals surface area contributed by atoms with Crippen LogP contribution in [-0.4, -0.2) is 24.8 Å². The molecule has 124 valence electrons. The molecule has 0 saturated heterocycles. The van der Waals surface area contributed by atoms with E-state index in [1.807, 2.05) is 59.4 Å². The van der Waals surface area contributed by atoms with Gasteiger partial charge in [0.25, 0.3) is 0 Å². The number of hydrogen-bond acceptors (Lipinski definition) is 4. The molecule has 0 aromatic carbocycles. The smallest absolute Gasteiger partial charge is 0.140 e. The second-order valence-electron chi connectivity index (χ2n) is 4.73. The number of halogens is 1. The van der Waals surface area contributed by atoms with Crippen LogP contribution in [0.5, 0.6) is 0 Å². The highest BCUT2D eigenvalue weighted by Crippen LogP contribution is 2.11. The van der Waals surface area contributed by atoms with Gasteiger partial charge in [0.15, 0.2) is 0 Å². The van der Waals surface area contributed by atoms with Crippen LogP contribution in [0.4, 0.5) is 0 Å². The van der Waals surface area contributed by atoms with Gasteiger partial charge >= 0.3 is 0 Å². The SMILES string of the molecule is N#CCBr.N#CCn1ccc2cccnc21.c1cnc2[nH]ccc2c1. The number of hydrogen-bond donors (Lipinski definition) is 1. The van der Waals surface area contributed by atoms with Crippen molar-refractivity contribution in [1.82, 2.24) is 19.5 Å². The number of nitrogens with one attached hydrogen (secondary N) is 1. The standard InChI is InChI=1S/C9H7N3.C7H6N2.C2H2BrN/c10-4-7-12-6-3-8-2-1-5-11-9(8)12;1-2-6-3-5-9-7(6)8-4-1;3-1-2-4/h1-3,5-6H,7H2;1-5H,(H,8,9);1H2. The van der Waals surface area contributed by atoms with Crippen molar-refractivity contribution in [2.45, 2.75) is 6.54 Å². The predicted molar refractivity (Wildman–Crippen MR) is 101 cm³/mol. The van der Waals surface area contributed by atoms with Gasteiger partial charge in [0.2, 0.25) is 0 Å². The molecule has 0 bridgehead atoms. The van der Waals surface area contributed by atoms with E-state index in [9.17, 15) is 0 Å². The molecule has 0 aliphatic rings. The minimum absolute atomic E-state index is 0.362. The predicted octanol–water partition coefficient (Wildman–Crippen LogP) is 4.03. The average molecular weight is 395 g/mol. The molecular weight excluding hydrogens is 380 g/mol. The van der Waals surface area contributed by atoms with E-state index in [1.54, 1.807) is 12.4 Å². The highest BCUT2D eigenvalue weighted by Gasteiger charge is 1.98. The molecule has 4 rings (SSSR count). The molecule has 7 heteroatoms. The summed E-state index contributed by atoms with van der Waals surface area (Å²) in [7, 11) is 0.